The van der Waals surface area contributed by atoms with Crippen LogP contribution in [0.2, 0.25) is 0 Å². The summed E-state index contributed by atoms with van der Waals surface area (Å²) in [4.78, 5) is 10.9. The van der Waals surface area contributed by atoms with Crippen molar-refractivity contribution in [3.63, 3.8) is 0 Å². The van der Waals surface area contributed by atoms with Gasteiger partial charge in [0.25, 0.3) is 10.0 Å². The summed E-state index contributed by atoms with van der Waals surface area (Å²) in [6.45, 7) is 0.134. The van der Waals surface area contributed by atoms with Gasteiger partial charge < -0.3 is 9.84 Å². The van der Waals surface area contributed by atoms with Crippen molar-refractivity contribution >= 4 is 21.7 Å². The van der Waals surface area contributed by atoms with E-state index in [4.69, 9.17) is 9.84 Å². The molecule has 1 atom stereocenters. The summed E-state index contributed by atoms with van der Waals surface area (Å²) in [5.41, 5.74) is 1.22. The van der Waals surface area contributed by atoms with Crippen LogP contribution in [0.5, 0.6) is 5.75 Å². The minimum absolute atomic E-state index is 0.0143. The number of carbonyl (C=O) groups is 1. The van der Waals surface area contributed by atoms with Crippen LogP contribution in [0, 0.1) is 5.82 Å². The van der Waals surface area contributed by atoms with Gasteiger partial charge in [-0.1, -0.05) is 0 Å². The van der Waals surface area contributed by atoms with E-state index in [-0.39, 0.29) is 23.8 Å². The lowest BCUT2D eigenvalue weighted by molar-refractivity contribution is -0.137. The predicted molar refractivity (Wildman–Crippen MR) is 93.5 cm³/mol. The Bertz CT molecular complexity index is 927. The number of ether oxygens (including phenoxy) is 1. The fourth-order valence-electron chi connectivity index (χ4n) is 3.12. The van der Waals surface area contributed by atoms with E-state index in [1.54, 1.807) is 18.2 Å². The molecule has 0 saturated heterocycles. The van der Waals surface area contributed by atoms with Crippen LogP contribution in [0.3, 0.4) is 0 Å². The topological polar surface area (TPSA) is 83.9 Å². The van der Waals surface area contributed by atoms with Crippen LogP contribution >= 0.6 is 0 Å². The second-order valence-corrected chi connectivity index (χ2v) is 7.91. The minimum Gasteiger partial charge on any atom is -0.497 e. The van der Waals surface area contributed by atoms with Gasteiger partial charge in [0, 0.05) is 18.9 Å². The first kappa shape index (κ1) is 18.2. The number of hydrogen-bond acceptors (Lipinski definition) is 4. The molecule has 0 aromatic heterocycles. The zero-order valence-corrected chi connectivity index (χ0v) is 14.9. The molecule has 1 aliphatic rings. The summed E-state index contributed by atoms with van der Waals surface area (Å²) in [7, 11) is -2.37. The molecule has 0 amide bonds. The Balaban J connectivity index is 2.01. The summed E-state index contributed by atoms with van der Waals surface area (Å²) in [6, 6.07) is 9.68. The first-order valence-corrected chi connectivity index (χ1v) is 9.45. The highest BCUT2D eigenvalue weighted by Gasteiger charge is 2.37. The van der Waals surface area contributed by atoms with Crippen LogP contribution in [0.25, 0.3) is 0 Å². The van der Waals surface area contributed by atoms with Crippen molar-refractivity contribution in [3.05, 3.63) is 53.8 Å². The Labute approximate surface area is 150 Å². The van der Waals surface area contributed by atoms with E-state index in [0.29, 0.717) is 17.9 Å². The van der Waals surface area contributed by atoms with Crippen molar-refractivity contribution in [2.24, 2.45) is 0 Å². The molecule has 0 spiro atoms. The van der Waals surface area contributed by atoms with Crippen molar-refractivity contribution in [3.8, 4) is 5.75 Å². The van der Waals surface area contributed by atoms with Gasteiger partial charge in [-0.15, -0.1) is 0 Å². The first-order valence-electron chi connectivity index (χ1n) is 8.01. The molecule has 2 aromatic carbocycles. The van der Waals surface area contributed by atoms with Gasteiger partial charge in [0.1, 0.15) is 11.6 Å². The van der Waals surface area contributed by atoms with E-state index in [1.165, 1.54) is 23.5 Å². The van der Waals surface area contributed by atoms with E-state index in [1.807, 2.05) is 0 Å². The maximum absolute atomic E-state index is 13.1. The standard InChI is InChI=1S/C18H18FNO5S/c1-25-14-5-8-17-16(10-14)12(2-9-18(21)22)11-20(17)26(23,24)15-6-3-13(19)4-7-15/h3-8,10,12H,2,9,11H2,1H3,(H,21,22). The van der Waals surface area contributed by atoms with Gasteiger partial charge in [-0.05, 0) is 54.4 Å². The van der Waals surface area contributed by atoms with E-state index in [0.717, 1.165) is 17.7 Å². The first-order chi connectivity index (χ1) is 12.3. The quantitative estimate of drug-likeness (QED) is 0.834. The molecule has 138 valence electrons. The molecule has 1 N–H and O–H groups in total. The summed E-state index contributed by atoms with van der Waals surface area (Å²) in [6.07, 6.45) is 0.247. The van der Waals surface area contributed by atoms with Crippen LogP contribution in [-0.2, 0) is 14.8 Å². The Morgan fingerprint density at radius 1 is 1.27 bits per heavy atom. The molecule has 0 radical (unpaired) electrons. The third-order valence-corrected chi connectivity index (χ3v) is 6.23. The van der Waals surface area contributed by atoms with Gasteiger partial charge in [-0.3, -0.25) is 9.10 Å². The number of aliphatic carboxylic acids is 1. The SMILES string of the molecule is COc1ccc2c(c1)C(CCC(=O)O)CN2S(=O)(=O)c1ccc(F)cc1. The predicted octanol–water partition coefficient (Wildman–Crippen LogP) is 2.99. The van der Waals surface area contributed by atoms with Gasteiger partial charge in [0.15, 0.2) is 0 Å². The Morgan fingerprint density at radius 2 is 1.96 bits per heavy atom. The molecule has 8 heteroatoms. The van der Waals surface area contributed by atoms with Crippen molar-refractivity contribution in [1.29, 1.82) is 0 Å². The number of methoxy groups -OCH3 is 1. The summed E-state index contributed by atoms with van der Waals surface area (Å²) in [5, 5.41) is 8.96. The van der Waals surface area contributed by atoms with Crippen molar-refractivity contribution < 1.29 is 27.4 Å². The van der Waals surface area contributed by atoms with Crippen LogP contribution in [0.4, 0.5) is 10.1 Å². The van der Waals surface area contributed by atoms with Crippen molar-refractivity contribution in [2.45, 2.75) is 23.7 Å². The highest BCUT2D eigenvalue weighted by Crippen LogP contribution is 2.43. The summed E-state index contributed by atoms with van der Waals surface area (Å²) < 4.78 is 45.6. The fourth-order valence-corrected chi connectivity index (χ4v) is 4.65. The molecular weight excluding hydrogens is 361 g/mol. The monoisotopic (exact) mass is 379 g/mol. The number of hydrogen-bond donors (Lipinski definition) is 1. The number of halogens is 1. The van der Waals surface area contributed by atoms with Gasteiger partial charge in [-0.25, -0.2) is 12.8 Å². The second-order valence-electron chi connectivity index (χ2n) is 6.04. The second kappa shape index (κ2) is 6.95. The normalized spacial score (nSPS) is 16.4. The Hall–Kier alpha value is -2.61. The molecule has 26 heavy (non-hydrogen) atoms. The molecule has 6 nitrogen and oxygen atoms in total. The Morgan fingerprint density at radius 3 is 2.58 bits per heavy atom. The molecule has 0 bridgehead atoms. The van der Waals surface area contributed by atoms with E-state index in [2.05, 4.69) is 0 Å². The molecule has 0 saturated carbocycles. The number of sulfonamides is 1. The maximum Gasteiger partial charge on any atom is 0.303 e. The number of carboxylic acids is 1. The van der Waals surface area contributed by atoms with E-state index < -0.39 is 21.8 Å². The van der Waals surface area contributed by atoms with Crippen LogP contribution < -0.4 is 9.04 Å². The zero-order chi connectivity index (χ0) is 18.9. The lowest BCUT2D eigenvalue weighted by atomic mass is 9.96. The third kappa shape index (κ3) is 3.37. The molecule has 0 fully saturated rings. The van der Waals surface area contributed by atoms with Crippen LogP contribution in [0.1, 0.15) is 24.3 Å². The van der Waals surface area contributed by atoms with Crippen LogP contribution in [0.15, 0.2) is 47.4 Å². The molecule has 1 heterocycles. The number of carboxylic acid groups (broad SMARTS) is 1. The van der Waals surface area contributed by atoms with Gasteiger partial charge >= 0.3 is 5.97 Å². The van der Waals surface area contributed by atoms with Gasteiger partial charge in [0.2, 0.25) is 0 Å². The molecule has 1 aliphatic heterocycles. The summed E-state index contributed by atoms with van der Waals surface area (Å²) in [5.74, 6) is -1.14. The summed E-state index contributed by atoms with van der Waals surface area (Å²) >= 11 is 0. The molecule has 0 aliphatic carbocycles. The number of benzene rings is 2. The smallest absolute Gasteiger partial charge is 0.303 e. The van der Waals surface area contributed by atoms with E-state index in [9.17, 15) is 17.6 Å². The minimum atomic E-state index is -3.88. The molecule has 3 rings (SSSR count). The van der Waals surface area contributed by atoms with Crippen LogP contribution in [-0.4, -0.2) is 33.1 Å². The van der Waals surface area contributed by atoms with Crippen molar-refractivity contribution in [1.82, 2.24) is 0 Å². The van der Waals surface area contributed by atoms with E-state index >= 15 is 0 Å². The number of nitrogens with zero attached hydrogens (tertiary/aromatic N) is 1. The lowest BCUT2D eigenvalue weighted by Gasteiger charge is -2.20. The maximum atomic E-state index is 13.1. The molecule has 1 unspecified atom stereocenters. The molecule has 2 aromatic rings. The van der Waals surface area contributed by atoms with Crippen molar-refractivity contribution in [2.75, 3.05) is 18.0 Å². The average molecular weight is 379 g/mol. The Kier molecular flexibility index (Phi) is 4.86. The van der Waals surface area contributed by atoms with Gasteiger partial charge in [0.05, 0.1) is 17.7 Å². The van der Waals surface area contributed by atoms with Gasteiger partial charge in [-0.2, -0.15) is 0 Å². The highest BCUT2D eigenvalue weighted by molar-refractivity contribution is 7.92. The number of fused-ring (bicyclic) bond motifs is 1. The highest BCUT2D eigenvalue weighted by atomic mass is 32.2. The fraction of sp³-hybridized carbons (Fsp3) is 0.278. The third-order valence-electron chi connectivity index (χ3n) is 4.44. The average Bonchev–Trinajstić information content (AvgIpc) is 2.99. The number of rotatable bonds is 6. The largest absolute Gasteiger partial charge is 0.497 e. The zero-order valence-electron chi connectivity index (χ0n) is 14.1. The molecular formula is C18H18FNO5S. The number of anilines is 1. The lowest BCUT2D eigenvalue weighted by Crippen LogP contribution is -2.30.